The number of aryl methyl sites for hydroxylation is 1. The first-order chi connectivity index (χ1) is 8.75. The van der Waals surface area contributed by atoms with Crippen molar-refractivity contribution in [1.82, 2.24) is 4.98 Å². The molecule has 3 aromatic rings. The molecule has 1 heterocycles. The quantitative estimate of drug-likeness (QED) is 0.705. The average molecular weight is 272 g/mol. The maximum absolute atomic E-state index is 6.18. The van der Waals surface area contributed by atoms with Crippen molar-refractivity contribution in [3.05, 3.63) is 47.5 Å². The van der Waals surface area contributed by atoms with Crippen molar-refractivity contribution >= 4 is 39.0 Å². The number of fused-ring (bicyclic) bond motifs is 1. The van der Waals surface area contributed by atoms with Crippen molar-refractivity contribution < 1.29 is 0 Å². The Morgan fingerprint density at radius 1 is 1.11 bits per heavy atom. The monoisotopic (exact) mass is 272 g/mol. The third kappa shape index (κ3) is 1.98. The summed E-state index contributed by atoms with van der Waals surface area (Å²) in [6, 6.07) is 12.5. The molecule has 0 radical (unpaired) electrons. The van der Waals surface area contributed by atoms with Gasteiger partial charge in [-0.15, -0.1) is 11.3 Å². The molecule has 0 aliphatic rings. The lowest BCUT2D eigenvalue weighted by Gasteiger charge is -2.08. The van der Waals surface area contributed by atoms with Crippen LogP contribution < -0.4 is 5.73 Å². The molecule has 0 spiro atoms. The fourth-order valence-electron chi connectivity index (χ4n) is 1.81. The van der Waals surface area contributed by atoms with E-state index in [1.807, 2.05) is 17.6 Å². The van der Waals surface area contributed by atoms with E-state index >= 15 is 0 Å². The molecular formula is C14H12N2S2. The number of rotatable bonds is 2. The summed E-state index contributed by atoms with van der Waals surface area (Å²) < 4.78 is 1.14. The van der Waals surface area contributed by atoms with Crippen LogP contribution >= 0.6 is 23.1 Å². The molecule has 3 rings (SSSR count). The molecule has 0 aliphatic carbocycles. The summed E-state index contributed by atoms with van der Waals surface area (Å²) >= 11 is 3.32. The van der Waals surface area contributed by atoms with Gasteiger partial charge in [-0.05, 0) is 30.7 Å². The lowest BCUT2D eigenvalue weighted by atomic mass is 10.2. The third-order valence-electron chi connectivity index (χ3n) is 2.82. The Morgan fingerprint density at radius 3 is 2.78 bits per heavy atom. The van der Waals surface area contributed by atoms with Crippen molar-refractivity contribution in [2.75, 3.05) is 5.73 Å². The standard InChI is InChI=1S/C14H12N2S2/c1-9-4-2-3-5-10(9)18-11-6-7-12-14(13(11)15)16-8-17-12/h2-8H,15H2,1H3. The molecule has 0 saturated heterocycles. The first kappa shape index (κ1) is 11.6. The van der Waals surface area contributed by atoms with Gasteiger partial charge in [-0.3, -0.25) is 0 Å². The van der Waals surface area contributed by atoms with Crippen molar-refractivity contribution in [2.45, 2.75) is 16.7 Å². The summed E-state index contributed by atoms with van der Waals surface area (Å²) in [4.78, 5) is 6.63. The van der Waals surface area contributed by atoms with Crippen LogP contribution in [0.2, 0.25) is 0 Å². The zero-order valence-electron chi connectivity index (χ0n) is 9.88. The minimum atomic E-state index is 0.780. The lowest BCUT2D eigenvalue weighted by Crippen LogP contribution is -1.90. The second-order valence-corrected chi connectivity index (χ2v) is 6.01. The Kier molecular flexibility index (Phi) is 2.97. The summed E-state index contributed by atoms with van der Waals surface area (Å²) in [5.41, 5.74) is 11.0. The number of thiazole rings is 1. The highest BCUT2D eigenvalue weighted by Gasteiger charge is 2.09. The SMILES string of the molecule is Cc1ccccc1Sc1ccc2scnc2c1N. The van der Waals surface area contributed by atoms with Gasteiger partial charge in [0.15, 0.2) is 0 Å². The molecule has 0 fully saturated rings. The minimum absolute atomic E-state index is 0.780. The van der Waals surface area contributed by atoms with Crippen LogP contribution in [0.1, 0.15) is 5.56 Å². The molecule has 4 heteroatoms. The summed E-state index contributed by atoms with van der Waals surface area (Å²) in [6.07, 6.45) is 0. The normalized spacial score (nSPS) is 10.9. The zero-order chi connectivity index (χ0) is 12.5. The molecule has 0 aliphatic heterocycles. The molecule has 2 N–H and O–H groups in total. The number of aromatic nitrogens is 1. The summed E-state index contributed by atoms with van der Waals surface area (Å²) in [7, 11) is 0. The molecule has 2 aromatic carbocycles. The van der Waals surface area contributed by atoms with Gasteiger partial charge in [-0.2, -0.15) is 0 Å². The topological polar surface area (TPSA) is 38.9 Å². The molecule has 0 atom stereocenters. The van der Waals surface area contributed by atoms with Crippen LogP contribution in [0.5, 0.6) is 0 Å². The fraction of sp³-hybridized carbons (Fsp3) is 0.0714. The molecule has 2 nitrogen and oxygen atoms in total. The van der Waals surface area contributed by atoms with E-state index in [0.717, 1.165) is 20.8 Å². The summed E-state index contributed by atoms with van der Waals surface area (Å²) in [6.45, 7) is 2.11. The first-order valence-electron chi connectivity index (χ1n) is 5.61. The molecule has 1 aromatic heterocycles. The van der Waals surface area contributed by atoms with Gasteiger partial charge in [0.05, 0.1) is 15.9 Å². The number of nitrogen functional groups attached to an aromatic ring is 1. The van der Waals surface area contributed by atoms with Crippen LogP contribution in [-0.4, -0.2) is 4.98 Å². The van der Waals surface area contributed by atoms with Crippen LogP contribution in [-0.2, 0) is 0 Å². The summed E-state index contributed by atoms with van der Waals surface area (Å²) in [5, 5.41) is 0. The van der Waals surface area contributed by atoms with Gasteiger partial charge >= 0.3 is 0 Å². The van der Waals surface area contributed by atoms with E-state index in [1.54, 1.807) is 23.1 Å². The predicted octanol–water partition coefficient (Wildman–Crippen LogP) is 4.34. The largest absolute Gasteiger partial charge is 0.396 e. The Hall–Kier alpha value is -1.52. The van der Waals surface area contributed by atoms with E-state index in [0.29, 0.717) is 0 Å². The molecule has 18 heavy (non-hydrogen) atoms. The highest BCUT2D eigenvalue weighted by molar-refractivity contribution is 7.99. The van der Waals surface area contributed by atoms with E-state index in [1.165, 1.54) is 10.5 Å². The first-order valence-corrected chi connectivity index (χ1v) is 7.30. The van der Waals surface area contributed by atoms with Gasteiger partial charge in [-0.1, -0.05) is 30.0 Å². The van der Waals surface area contributed by atoms with Crippen LogP contribution in [0.25, 0.3) is 10.2 Å². The third-order valence-corrected chi connectivity index (χ3v) is 4.86. The van der Waals surface area contributed by atoms with Crippen molar-refractivity contribution in [1.29, 1.82) is 0 Å². The van der Waals surface area contributed by atoms with Gasteiger partial charge < -0.3 is 5.73 Å². The molecule has 0 saturated carbocycles. The zero-order valence-corrected chi connectivity index (χ0v) is 11.5. The second-order valence-electron chi connectivity index (χ2n) is 4.04. The molecule has 0 amide bonds. The Bertz CT molecular complexity index is 704. The Morgan fingerprint density at radius 2 is 1.94 bits per heavy atom. The number of hydrogen-bond acceptors (Lipinski definition) is 4. The fourth-order valence-corrected chi connectivity index (χ4v) is 3.46. The van der Waals surface area contributed by atoms with E-state index in [9.17, 15) is 0 Å². The number of anilines is 1. The number of benzene rings is 2. The number of hydrogen-bond donors (Lipinski definition) is 1. The minimum Gasteiger partial charge on any atom is -0.396 e. The molecule has 0 bridgehead atoms. The van der Waals surface area contributed by atoms with Crippen molar-refractivity contribution in [2.24, 2.45) is 0 Å². The average Bonchev–Trinajstić information content (AvgIpc) is 2.84. The number of nitrogens with zero attached hydrogens (tertiary/aromatic N) is 1. The second kappa shape index (κ2) is 4.63. The van der Waals surface area contributed by atoms with Crippen LogP contribution in [0.4, 0.5) is 5.69 Å². The van der Waals surface area contributed by atoms with Gasteiger partial charge in [0.2, 0.25) is 0 Å². The highest BCUT2D eigenvalue weighted by atomic mass is 32.2. The van der Waals surface area contributed by atoms with E-state index in [-0.39, 0.29) is 0 Å². The van der Waals surface area contributed by atoms with Gasteiger partial charge in [0.25, 0.3) is 0 Å². The number of nitrogens with two attached hydrogens (primary N) is 1. The highest BCUT2D eigenvalue weighted by Crippen LogP contribution is 2.37. The maximum atomic E-state index is 6.18. The van der Waals surface area contributed by atoms with Gasteiger partial charge in [-0.25, -0.2) is 4.98 Å². The lowest BCUT2D eigenvalue weighted by molar-refractivity contribution is 1.29. The molecule has 90 valence electrons. The van der Waals surface area contributed by atoms with E-state index < -0.39 is 0 Å². The van der Waals surface area contributed by atoms with E-state index in [4.69, 9.17) is 5.73 Å². The maximum Gasteiger partial charge on any atom is 0.105 e. The van der Waals surface area contributed by atoms with Gasteiger partial charge in [0.1, 0.15) is 5.52 Å². The Balaban J connectivity index is 2.05. The van der Waals surface area contributed by atoms with Crippen LogP contribution in [0, 0.1) is 6.92 Å². The van der Waals surface area contributed by atoms with Crippen molar-refractivity contribution in [3.8, 4) is 0 Å². The van der Waals surface area contributed by atoms with E-state index in [2.05, 4.69) is 36.2 Å². The molecular weight excluding hydrogens is 260 g/mol. The Labute approximate surface area is 114 Å². The molecule has 0 unspecified atom stereocenters. The smallest absolute Gasteiger partial charge is 0.105 e. The van der Waals surface area contributed by atoms with Crippen LogP contribution in [0.15, 0.2) is 51.7 Å². The van der Waals surface area contributed by atoms with Crippen LogP contribution in [0.3, 0.4) is 0 Å². The predicted molar refractivity (Wildman–Crippen MR) is 79.3 cm³/mol. The summed E-state index contributed by atoms with van der Waals surface area (Å²) in [5.74, 6) is 0. The van der Waals surface area contributed by atoms with Crippen molar-refractivity contribution in [3.63, 3.8) is 0 Å². The van der Waals surface area contributed by atoms with Gasteiger partial charge in [0, 0.05) is 9.79 Å².